The van der Waals surface area contributed by atoms with E-state index in [4.69, 9.17) is 0 Å². The Kier molecular flexibility index (Phi) is 3.79. The Morgan fingerprint density at radius 3 is 2.45 bits per heavy atom. The predicted molar refractivity (Wildman–Crippen MR) is 86.5 cm³/mol. The number of nitrogens with zero attached hydrogens (tertiary/aromatic N) is 3. The topological polar surface area (TPSA) is 61.0 Å². The molecule has 0 radical (unpaired) electrons. The second kappa shape index (κ2) is 5.75. The number of imidazole rings is 1. The zero-order valence-electron chi connectivity index (χ0n) is 12.9. The highest BCUT2D eigenvalue weighted by molar-refractivity contribution is 5.70. The standard InChI is InChI=1S/C17H19N3O2/c1-12-18-16(17(19(12)2)20(21)22)15-9-7-14(8-10-15)11-13-5-3-4-6-13/h7-11H,3-6H2,1-2H3. The van der Waals surface area contributed by atoms with E-state index < -0.39 is 0 Å². The largest absolute Gasteiger partial charge is 0.358 e. The van der Waals surface area contributed by atoms with Gasteiger partial charge in [-0.15, -0.1) is 0 Å². The van der Waals surface area contributed by atoms with Gasteiger partial charge in [-0.3, -0.25) is 0 Å². The van der Waals surface area contributed by atoms with Crippen molar-refractivity contribution in [2.75, 3.05) is 0 Å². The summed E-state index contributed by atoms with van der Waals surface area (Å²) in [5, 5.41) is 11.3. The molecule has 1 fully saturated rings. The second-order valence-electron chi connectivity index (χ2n) is 5.78. The second-order valence-corrected chi connectivity index (χ2v) is 5.78. The molecule has 0 spiro atoms. The average Bonchev–Trinajstić information content (AvgIpc) is 3.09. The normalized spacial score (nSPS) is 14.4. The van der Waals surface area contributed by atoms with Crippen LogP contribution in [0.1, 0.15) is 37.1 Å². The van der Waals surface area contributed by atoms with E-state index in [1.807, 2.05) is 24.3 Å². The van der Waals surface area contributed by atoms with Crippen molar-refractivity contribution in [3.63, 3.8) is 0 Å². The maximum absolute atomic E-state index is 11.3. The van der Waals surface area contributed by atoms with Crippen LogP contribution in [-0.2, 0) is 7.05 Å². The minimum absolute atomic E-state index is 0.0411. The smallest absolute Gasteiger partial charge is 0.350 e. The Labute approximate surface area is 129 Å². The maximum atomic E-state index is 11.3. The van der Waals surface area contributed by atoms with Gasteiger partial charge in [0.1, 0.15) is 0 Å². The van der Waals surface area contributed by atoms with E-state index in [0.717, 1.165) is 11.1 Å². The van der Waals surface area contributed by atoms with Gasteiger partial charge in [0.05, 0.1) is 7.05 Å². The van der Waals surface area contributed by atoms with E-state index in [1.54, 1.807) is 14.0 Å². The number of rotatable bonds is 3. The van der Waals surface area contributed by atoms with Crippen LogP contribution in [0.4, 0.5) is 5.82 Å². The third-order valence-corrected chi connectivity index (χ3v) is 4.26. The Morgan fingerprint density at radius 1 is 1.23 bits per heavy atom. The summed E-state index contributed by atoms with van der Waals surface area (Å²) in [5.41, 5.74) is 3.86. The first-order chi connectivity index (χ1) is 10.6. The summed E-state index contributed by atoms with van der Waals surface area (Å²) in [7, 11) is 1.67. The van der Waals surface area contributed by atoms with Crippen LogP contribution in [0.5, 0.6) is 0 Å². The van der Waals surface area contributed by atoms with Crippen molar-refractivity contribution < 1.29 is 4.92 Å². The molecule has 1 aromatic carbocycles. The zero-order valence-corrected chi connectivity index (χ0v) is 12.9. The number of aromatic nitrogens is 2. The van der Waals surface area contributed by atoms with Gasteiger partial charge < -0.3 is 10.1 Å². The van der Waals surface area contributed by atoms with Crippen LogP contribution in [0.25, 0.3) is 17.3 Å². The van der Waals surface area contributed by atoms with Crippen molar-refractivity contribution in [3.05, 3.63) is 51.3 Å². The molecule has 5 nitrogen and oxygen atoms in total. The SMILES string of the molecule is Cc1nc(-c2ccc(C=C3CCCC3)cc2)c([N+](=O)[O-])n1C. The molecule has 0 saturated heterocycles. The van der Waals surface area contributed by atoms with E-state index in [9.17, 15) is 10.1 Å². The fraction of sp³-hybridized carbons (Fsp3) is 0.353. The van der Waals surface area contributed by atoms with Gasteiger partial charge in [0, 0.05) is 12.5 Å². The lowest BCUT2D eigenvalue weighted by Gasteiger charge is -2.02. The molecule has 3 rings (SSSR count). The first-order valence-electron chi connectivity index (χ1n) is 7.54. The highest BCUT2D eigenvalue weighted by Gasteiger charge is 2.23. The molecular formula is C17H19N3O2. The monoisotopic (exact) mass is 297 g/mol. The van der Waals surface area contributed by atoms with Crippen LogP contribution in [0, 0.1) is 17.0 Å². The number of aryl methyl sites for hydroxylation is 1. The third kappa shape index (κ3) is 2.66. The highest BCUT2D eigenvalue weighted by atomic mass is 16.6. The third-order valence-electron chi connectivity index (χ3n) is 4.26. The van der Waals surface area contributed by atoms with Crippen LogP contribution in [-0.4, -0.2) is 14.5 Å². The minimum Gasteiger partial charge on any atom is -0.358 e. The number of hydrogen-bond acceptors (Lipinski definition) is 3. The molecule has 5 heteroatoms. The molecule has 2 aromatic rings. The molecular weight excluding hydrogens is 278 g/mol. The van der Waals surface area contributed by atoms with Gasteiger partial charge in [0.25, 0.3) is 0 Å². The first kappa shape index (κ1) is 14.5. The summed E-state index contributed by atoms with van der Waals surface area (Å²) in [5.74, 6) is 0.679. The molecule has 1 aliphatic rings. The maximum Gasteiger partial charge on any atom is 0.350 e. The molecule has 0 amide bonds. The summed E-state index contributed by atoms with van der Waals surface area (Å²) >= 11 is 0. The van der Waals surface area contributed by atoms with Gasteiger partial charge in [-0.2, -0.15) is 0 Å². The van der Waals surface area contributed by atoms with Crippen molar-refractivity contribution in [2.24, 2.45) is 7.05 Å². The molecule has 0 bridgehead atoms. The van der Waals surface area contributed by atoms with E-state index >= 15 is 0 Å². The molecule has 0 aliphatic heterocycles. The highest BCUT2D eigenvalue weighted by Crippen LogP contribution is 2.31. The lowest BCUT2D eigenvalue weighted by Crippen LogP contribution is -1.99. The molecule has 0 N–H and O–H groups in total. The minimum atomic E-state index is -0.371. The fourth-order valence-electron chi connectivity index (χ4n) is 2.95. The van der Waals surface area contributed by atoms with Gasteiger partial charge >= 0.3 is 5.82 Å². The Balaban J connectivity index is 1.95. The molecule has 114 valence electrons. The predicted octanol–water partition coefficient (Wildman–Crippen LogP) is 4.26. The molecule has 1 saturated carbocycles. The van der Waals surface area contributed by atoms with Gasteiger partial charge in [-0.05, 0) is 36.2 Å². The van der Waals surface area contributed by atoms with E-state index in [1.165, 1.54) is 35.8 Å². The number of nitro groups is 1. The quantitative estimate of drug-likeness (QED) is 0.628. The van der Waals surface area contributed by atoms with Crippen LogP contribution in [0.15, 0.2) is 29.8 Å². The summed E-state index contributed by atoms with van der Waals surface area (Å²) in [6.07, 6.45) is 7.17. The van der Waals surface area contributed by atoms with E-state index in [0.29, 0.717) is 11.5 Å². The van der Waals surface area contributed by atoms with E-state index in [2.05, 4.69) is 11.1 Å². The van der Waals surface area contributed by atoms with Crippen LogP contribution in [0.2, 0.25) is 0 Å². The van der Waals surface area contributed by atoms with Crippen LogP contribution < -0.4 is 0 Å². The molecule has 1 aromatic heterocycles. The van der Waals surface area contributed by atoms with Gasteiger partial charge in [-0.25, -0.2) is 9.55 Å². The molecule has 0 atom stereocenters. The molecule has 0 unspecified atom stereocenters. The zero-order chi connectivity index (χ0) is 15.7. The summed E-state index contributed by atoms with van der Waals surface area (Å²) < 4.78 is 1.52. The number of hydrogen-bond donors (Lipinski definition) is 0. The summed E-state index contributed by atoms with van der Waals surface area (Å²) in [4.78, 5) is 15.2. The van der Waals surface area contributed by atoms with Gasteiger partial charge in [0.15, 0.2) is 11.5 Å². The Morgan fingerprint density at radius 2 is 1.86 bits per heavy atom. The van der Waals surface area contributed by atoms with Crippen molar-refractivity contribution >= 4 is 11.9 Å². The van der Waals surface area contributed by atoms with Gasteiger partial charge in [-0.1, -0.05) is 35.9 Å². The number of benzene rings is 1. The molecule has 1 heterocycles. The van der Waals surface area contributed by atoms with Crippen molar-refractivity contribution in [1.29, 1.82) is 0 Å². The lowest BCUT2D eigenvalue weighted by molar-refractivity contribution is -0.391. The molecule has 1 aliphatic carbocycles. The first-order valence-corrected chi connectivity index (χ1v) is 7.54. The van der Waals surface area contributed by atoms with Gasteiger partial charge in [0.2, 0.25) is 0 Å². The average molecular weight is 297 g/mol. The summed E-state index contributed by atoms with van der Waals surface area (Å²) in [6.45, 7) is 1.77. The van der Waals surface area contributed by atoms with Crippen molar-refractivity contribution in [3.8, 4) is 11.3 Å². The van der Waals surface area contributed by atoms with E-state index in [-0.39, 0.29) is 10.7 Å². The van der Waals surface area contributed by atoms with Crippen molar-refractivity contribution in [1.82, 2.24) is 9.55 Å². The molecule has 22 heavy (non-hydrogen) atoms. The van der Waals surface area contributed by atoms with Crippen LogP contribution >= 0.6 is 0 Å². The lowest BCUT2D eigenvalue weighted by atomic mass is 10.1. The summed E-state index contributed by atoms with van der Waals surface area (Å²) in [6, 6.07) is 7.84. The van der Waals surface area contributed by atoms with Crippen molar-refractivity contribution in [2.45, 2.75) is 32.6 Å². The Hall–Kier alpha value is -2.43. The Bertz CT molecular complexity index is 734. The fourth-order valence-corrected chi connectivity index (χ4v) is 2.95. The van der Waals surface area contributed by atoms with Crippen LogP contribution in [0.3, 0.4) is 0 Å². The number of allylic oxidation sites excluding steroid dienone is 1.